The molecule has 0 spiro atoms. The molecule has 0 aliphatic carbocycles. The molecule has 0 saturated heterocycles. The van der Waals surface area contributed by atoms with Crippen LogP contribution in [0.15, 0.2) is 29.8 Å². The Morgan fingerprint density at radius 3 is 3.00 bits per heavy atom. The molecule has 0 fully saturated rings. The average molecular weight is 208 g/mol. The minimum atomic E-state index is -0.281. The minimum absolute atomic E-state index is 0.281. The van der Waals surface area contributed by atoms with E-state index in [0.29, 0.717) is 5.82 Å². The quantitative estimate of drug-likeness (QED) is 0.707. The molecule has 0 radical (unpaired) electrons. The summed E-state index contributed by atoms with van der Waals surface area (Å²) in [6.45, 7) is 0. The van der Waals surface area contributed by atoms with Gasteiger partial charge >= 0.3 is 6.03 Å². The predicted octanol–water partition coefficient (Wildman–Crippen LogP) is 2.12. The number of carbonyl (C=O) groups excluding carboxylic acids is 1. The van der Waals surface area contributed by atoms with Crippen LogP contribution in [0.3, 0.4) is 0 Å². The first-order valence-corrected chi connectivity index (χ1v) is 4.83. The summed E-state index contributed by atoms with van der Waals surface area (Å²) in [5.74, 6) is 0.569. The van der Waals surface area contributed by atoms with Crippen molar-refractivity contribution in [1.29, 1.82) is 0 Å². The number of thiophene rings is 1. The molecule has 2 aromatic heterocycles. The van der Waals surface area contributed by atoms with Gasteiger partial charge < -0.3 is 0 Å². The molecule has 0 aliphatic heterocycles. The number of anilines is 2. The van der Waals surface area contributed by atoms with Gasteiger partial charge in [-0.2, -0.15) is 5.10 Å². The van der Waals surface area contributed by atoms with Gasteiger partial charge in [0.2, 0.25) is 0 Å². The van der Waals surface area contributed by atoms with Gasteiger partial charge in [0.15, 0.2) is 0 Å². The highest BCUT2D eigenvalue weighted by molar-refractivity contribution is 7.14. The normalized spacial score (nSPS) is 9.71. The number of amides is 2. The van der Waals surface area contributed by atoms with E-state index < -0.39 is 0 Å². The Balaban J connectivity index is 1.91. The third-order valence-corrected chi connectivity index (χ3v) is 2.29. The fourth-order valence-corrected chi connectivity index (χ4v) is 1.55. The highest BCUT2D eigenvalue weighted by Gasteiger charge is 2.02. The molecule has 2 rings (SSSR count). The number of aromatic amines is 1. The van der Waals surface area contributed by atoms with Crippen molar-refractivity contribution in [3.8, 4) is 0 Å². The molecule has 14 heavy (non-hydrogen) atoms. The second-order valence-electron chi connectivity index (χ2n) is 2.53. The van der Waals surface area contributed by atoms with Crippen molar-refractivity contribution in [3.05, 3.63) is 29.8 Å². The van der Waals surface area contributed by atoms with Crippen LogP contribution in [0, 0.1) is 0 Å². The maximum atomic E-state index is 11.3. The zero-order valence-electron chi connectivity index (χ0n) is 7.15. The Labute approximate surface area is 84.2 Å². The van der Waals surface area contributed by atoms with Gasteiger partial charge in [0.25, 0.3) is 0 Å². The van der Waals surface area contributed by atoms with Gasteiger partial charge in [-0.05, 0) is 17.5 Å². The molecule has 0 bridgehead atoms. The van der Waals surface area contributed by atoms with E-state index in [0.717, 1.165) is 5.00 Å². The lowest BCUT2D eigenvalue weighted by Gasteiger charge is -2.02. The number of hydrogen-bond donors (Lipinski definition) is 3. The Bertz CT molecular complexity index is 357. The molecule has 72 valence electrons. The molecular weight excluding hydrogens is 200 g/mol. The largest absolute Gasteiger partial charge is 0.325 e. The van der Waals surface area contributed by atoms with Crippen molar-refractivity contribution in [2.75, 3.05) is 10.6 Å². The van der Waals surface area contributed by atoms with Crippen LogP contribution in [-0.4, -0.2) is 16.2 Å². The van der Waals surface area contributed by atoms with Crippen LogP contribution in [0.1, 0.15) is 0 Å². The lowest BCUT2D eigenvalue weighted by atomic mass is 10.6. The van der Waals surface area contributed by atoms with Gasteiger partial charge in [-0.25, -0.2) is 4.79 Å². The first kappa shape index (κ1) is 8.76. The monoisotopic (exact) mass is 208 g/mol. The summed E-state index contributed by atoms with van der Waals surface area (Å²) in [5, 5.41) is 14.3. The lowest BCUT2D eigenvalue weighted by Crippen LogP contribution is -2.18. The second-order valence-corrected chi connectivity index (χ2v) is 3.47. The number of urea groups is 1. The van der Waals surface area contributed by atoms with Crippen molar-refractivity contribution in [2.24, 2.45) is 0 Å². The van der Waals surface area contributed by atoms with E-state index in [1.165, 1.54) is 11.3 Å². The summed E-state index contributed by atoms with van der Waals surface area (Å²) in [6.07, 6.45) is 1.57. The van der Waals surface area contributed by atoms with Crippen LogP contribution in [0.2, 0.25) is 0 Å². The van der Waals surface area contributed by atoms with Crippen LogP contribution < -0.4 is 10.6 Å². The first-order valence-electron chi connectivity index (χ1n) is 3.95. The van der Waals surface area contributed by atoms with Crippen LogP contribution >= 0.6 is 11.3 Å². The Morgan fingerprint density at radius 1 is 1.43 bits per heavy atom. The third kappa shape index (κ3) is 2.11. The molecule has 0 atom stereocenters. The van der Waals surface area contributed by atoms with E-state index in [4.69, 9.17) is 0 Å². The van der Waals surface area contributed by atoms with Crippen molar-refractivity contribution in [1.82, 2.24) is 10.2 Å². The fourth-order valence-electron chi connectivity index (χ4n) is 0.941. The van der Waals surface area contributed by atoms with Crippen molar-refractivity contribution >= 4 is 28.2 Å². The number of rotatable bonds is 2. The van der Waals surface area contributed by atoms with Crippen molar-refractivity contribution in [2.45, 2.75) is 0 Å². The Kier molecular flexibility index (Phi) is 2.46. The number of aromatic nitrogens is 2. The maximum absolute atomic E-state index is 11.3. The summed E-state index contributed by atoms with van der Waals surface area (Å²) in [4.78, 5) is 11.3. The van der Waals surface area contributed by atoms with E-state index >= 15 is 0 Å². The van der Waals surface area contributed by atoms with E-state index in [2.05, 4.69) is 20.8 Å². The fraction of sp³-hybridized carbons (Fsp3) is 0. The number of nitrogens with zero attached hydrogens (tertiary/aromatic N) is 1. The number of hydrogen-bond acceptors (Lipinski definition) is 3. The zero-order chi connectivity index (χ0) is 9.80. The predicted molar refractivity (Wildman–Crippen MR) is 55.5 cm³/mol. The number of carbonyl (C=O) groups is 1. The Hall–Kier alpha value is -1.82. The first-order chi connectivity index (χ1) is 6.84. The van der Waals surface area contributed by atoms with Gasteiger partial charge in [0.05, 0.1) is 11.2 Å². The molecule has 0 saturated carbocycles. The van der Waals surface area contributed by atoms with Gasteiger partial charge in [-0.15, -0.1) is 11.3 Å². The summed E-state index contributed by atoms with van der Waals surface area (Å²) < 4.78 is 0. The standard InChI is InChI=1S/C8H8N4OS/c13-8(10-6-3-4-9-12-6)11-7-2-1-5-14-7/h1-5H,(H3,9,10,11,12,13). The molecule has 3 N–H and O–H groups in total. The van der Waals surface area contributed by atoms with E-state index in [1.807, 2.05) is 17.5 Å². The van der Waals surface area contributed by atoms with E-state index in [9.17, 15) is 4.79 Å². The highest BCUT2D eigenvalue weighted by atomic mass is 32.1. The topological polar surface area (TPSA) is 69.8 Å². The molecule has 0 aromatic carbocycles. The summed E-state index contributed by atoms with van der Waals surface area (Å²) in [6, 6.07) is 5.10. The molecule has 5 nitrogen and oxygen atoms in total. The smallest absolute Gasteiger partial charge is 0.299 e. The van der Waals surface area contributed by atoms with Crippen LogP contribution in [0.5, 0.6) is 0 Å². The zero-order valence-corrected chi connectivity index (χ0v) is 7.97. The molecule has 2 heterocycles. The molecule has 2 amide bonds. The average Bonchev–Trinajstić information content (AvgIpc) is 2.76. The highest BCUT2D eigenvalue weighted by Crippen LogP contribution is 2.14. The van der Waals surface area contributed by atoms with Crippen LogP contribution in [0.25, 0.3) is 0 Å². The molecule has 0 unspecified atom stereocenters. The number of H-pyrrole nitrogens is 1. The third-order valence-electron chi connectivity index (χ3n) is 1.51. The Morgan fingerprint density at radius 2 is 2.36 bits per heavy atom. The van der Waals surface area contributed by atoms with Crippen molar-refractivity contribution < 1.29 is 4.79 Å². The summed E-state index contributed by atoms with van der Waals surface area (Å²) in [7, 11) is 0. The molecule has 2 aromatic rings. The van der Waals surface area contributed by atoms with Gasteiger partial charge in [-0.1, -0.05) is 0 Å². The van der Waals surface area contributed by atoms with Crippen LogP contribution in [0.4, 0.5) is 15.6 Å². The van der Waals surface area contributed by atoms with E-state index in [-0.39, 0.29) is 6.03 Å². The second kappa shape index (κ2) is 3.93. The molecule has 6 heteroatoms. The minimum Gasteiger partial charge on any atom is -0.299 e. The summed E-state index contributed by atoms with van der Waals surface area (Å²) >= 11 is 1.47. The van der Waals surface area contributed by atoms with Crippen molar-refractivity contribution in [3.63, 3.8) is 0 Å². The molecule has 0 aliphatic rings. The van der Waals surface area contributed by atoms with Gasteiger partial charge in [0.1, 0.15) is 5.82 Å². The maximum Gasteiger partial charge on any atom is 0.325 e. The summed E-state index contributed by atoms with van der Waals surface area (Å²) in [5.41, 5.74) is 0. The SMILES string of the molecule is O=C(Nc1ccn[nH]1)Nc1cccs1. The number of nitrogens with one attached hydrogen (secondary N) is 3. The molecular formula is C8H8N4OS. The van der Waals surface area contributed by atoms with Gasteiger partial charge in [0, 0.05) is 6.07 Å². The van der Waals surface area contributed by atoms with Gasteiger partial charge in [-0.3, -0.25) is 15.7 Å². The lowest BCUT2D eigenvalue weighted by molar-refractivity contribution is 0.262. The van der Waals surface area contributed by atoms with E-state index in [1.54, 1.807) is 12.3 Å². The van der Waals surface area contributed by atoms with Crippen LogP contribution in [-0.2, 0) is 0 Å².